The summed E-state index contributed by atoms with van der Waals surface area (Å²) in [5.74, 6) is -0.812. The summed E-state index contributed by atoms with van der Waals surface area (Å²) in [6, 6.07) is 0. The molecule has 0 heterocycles. The molecule has 1 fully saturated rings. The van der Waals surface area contributed by atoms with Gasteiger partial charge in [-0.15, -0.1) is 0 Å². The van der Waals surface area contributed by atoms with E-state index in [1.54, 1.807) is 0 Å². The number of amides is 1. The van der Waals surface area contributed by atoms with Gasteiger partial charge < -0.3 is 15.2 Å². The molecule has 0 bridgehead atoms. The molecule has 1 aliphatic carbocycles. The molecule has 1 rings (SSSR count). The third-order valence-corrected chi connectivity index (χ3v) is 5.17. The van der Waals surface area contributed by atoms with Crippen LogP contribution in [0, 0.1) is 17.8 Å². The summed E-state index contributed by atoms with van der Waals surface area (Å²) >= 11 is 0. The Morgan fingerprint density at radius 3 is 2.33 bits per heavy atom. The van der Waals surface area contributed by atoms with Crippen LogP contribution in [0.15, 0.2) is 0 Å². The molecule has 2 N–H and O–H groups in total. The number of carbonyl (C=O) groups excluding carboxylic acids is 2. The zero-order chi connectivity index (χ0) is 16.2. The minimum Gasteiger partial charge on any atom is -0.469 e. The molecule has 1 aliphatic rings. The lowest BCUT2D eigenvalue weighted by molar-refractivity contribution is -0.149. The molecule has 0 aromatic rings. The second-order valence-electron chi connectivity index (χ2n) is 6.28. The van der Waals surface area contributed by atoms with Crippen molar-refractivity contribution in [3.05, 3.63) is 0 Å². The van der Waals surface area contributed by atoms with Crippen LogP contribution in [-0.2, 0) is 14.3 Å². The number of rotatable bonds is 6. The fourth-order valence-electron chi connectivity index (χ4n) is 4.06. The van der Waals surface area contributed by atoms with E-state index >= 15 is 0 Å². The summed E-state index contributed by atoms with van der Waals surface area (Å²) in [4.78, 5) is 23.4. The zero-order valence-corrected chi connectivity index (χ0v) is 13.8. The molecule has 0 aliphatic heterocycles. The van der Waals surface area contributed by atoms with Crippen LogP contribution in [0.3, 0.4) is 0 Å². The molecule has 0 spiro atoms. The van der Waals surface area contributed by atoms with Gasteiger partial charge in [-0.05, 0) is 25.7 Å². The van der Waals surface area contributed by atoms with Gasteiger partial charge in [0, 0.05) is 18.4 Å². The Morgan fingerprint density at radius 1 is 1.33 bits per heavy atom. The molecule has 122 valence electrons. The summed E-state index contributed by atoms with van der Waals surface area (Å²) in [6.07, 6.45) is 2.38. The van der Waals surface area contributed by atoms with E-state index in [0.717, 1.165) is 12.8 Å². The molecule has 21 heavy (non-hydrogen) atoms. The third-order valence-electron chi connectivity index (χ3n) is 5.17. The van der Waals surface area contributed by atoms with Crippen molar-refractivity contribution in [1.29, 1.82) is 0 Å². The van der Waals surface area contributed by atoms with E-state index in [0.29, 0.717) is 12.8 Å². The zero-order valence-electron chi connectivity index (χ0n) is 13.8. The van der Waals surface area contributed by atoms with Gasteiger partial charge >= 0.3 is 5.97 Å². The van der Waals surface area contributed by atoms with Crippen LogP contribution in [0.2, 0.25) is 0 Å². The normalized spacial score (nSPS) is 28.2. The summed E-state index contributed by atoms with van der Waals surface area (Å²) in [6.45, 7) is 7.68. The van der Waals surface area contributed by atoms with E-state index in [4.69, 9.17) is 4.74 Å². The molecule has 0 aromatic carbocycles. The SMILES string of the molecule is CCC(CC)C(C)(NC(C)=O)C1CCC(C(=O)OC)C1O. The highest BCUT2D eigenvalue weighted by Gasteiger charge is 2.51. The number of esters is 1. The van der Waals surface area contributed by atoms with Gasteiger partial charge in [-0.25, -0.2) is 0 Å². The molecule has 1 saturated carbocycles. The van der Waals surface area contributed by atoms with Gasteiger partial charge in [0.05, 0.1) is 19.1 Å². The van der Waals surface area contributed by atoms with Crippen molar-refractivity contribution in [1.82, 2.24) is 5.32 Å². The summed E-state index contributed by atoms with van der Waals surface area (Å²) in [5.41, 5.74) is -0.502. The first-order valence-corrected chi connectivity index (χ1v) is 7.86. The smallest absolute Gasteiger partial charge is 0.311 e. The molecule has 0 aromatic heterocycles. The number of nitrogens with one attached hydrogen (secondary N) is 1. The Bertz CT molecular complexity index is 380. The van der Waals surface area contributed by atoms with Gasteiger partial charge in [-0.2, -0.15) is 0 Å². The van der Waals surface area contributed by atoms with E-state index in [2.05, 4.69) is 19.2 Å². The first-order chi connectivity index (χ1) is 9.81. The van der Waals surface area contributed by atoms with E-state index in [1.807, 2.05) is 6.92 Å². The van der Waals surface area contributed by atoms with Crippen LogP contribution in [-0.4, -0.2) is 35.7 Å². The van der Waals surface area contributed by atoms with E-state index < -0.39 is 17.6 Å². The maximum absolute atomic E-state index is 11.8. The number of hydrogen-bond acceptors (Lipinski definition) is 4. The van der Waals surface area contributed by atoms with Crippen molar-refractivity contribution in [3.8, 4) is 0 Å². The van der Waals surface area contributed by atoms with Crippen LogP contribution in [0.25, 0.3) is 0 Å². The second kappa shape index (κ2) is 7.25. The van der Waals surface area contributed by atoms with Crippen LogP contribution in [0.5, 0.6) is 0 Å². The maximum Gasteiger partial charge on any atom is 0.311 e. The Kier molecular flexibility index (Phi) is 6.20. The predicted molar refractivity (Wildman–Crippen MR) is 80.5 cm³/mol. The minimum absolute atomic E-state index is 0.0990. The van der Waals surface area contributed by atoms with Crippen LogP contribution >= 0.6 is 0 Å². The molecule has 4 atom stereocenters. The number of carbonyl (C=O) groups is 2. The van der Waals surface area contributed by atoms with Gasteiger partial charge in [0.2, 0.25) is 5.91 Å². The quantitative estimate of drug-likeness (QED) is 0.734. The van der Waals surface area contributed by atoms with Crippen LogP contribution in [0.4, 0.5) is 0 Å². The summed E-state index contributed by atoms with van der Waals surface area (Å²) in [7, 11) is 1.34. The van der Waals surface area contributed by atoms with Gasteiger partial charge in [-0.1, -0.05) is 26.7 Å². The van der Waals surface area contributed by atoms with Crippen molar-refractivity contribution in [2.45, 2.75) is 65.0 Å². The second-order valence-corrected chi connectivity index (χ2v) is 6.28. The maximum atomic E-state index is 11.8. The number of aliphatic hydroxyl groups excluding tert-OH is 1. The van der Waals surface area contributed by atoms with Crippen molar-refractivity contribution in [3.63, 3.8) is 0 Å². The average molecular weight is 299 g/mol. The van der Waals surface area contributed by atoms with E-state index in [1.165, 1.54) is 14.0 Å². The number of ether oxygens (including phenoxy) is 1. The number of hydrogen-bond donors (Lipinski definition) is 2. The average Bonchev–Trinajstić information content (AvgIpc) is 2.80. The highest BCUT2D eigenvalue weighted by Crippen LogP contribution is 2.43. The first kappa shape index (κ1) is 18.0. The van der Waals surface area contributed by atoms with Crippen molar-refractivity contribution < 1.29 is 19.4 Å². The fraction of sp³-hybridized carbons (Fsp3) is 0.875. The number of aliphatic hydroxyl groups is 1. The summed E-state index contributed by atoms with van der Waals surface area (Å²) in [5, 5.41) is 13.6. The highest BCUT2D eigenvalue weighted by molar-refractivity contribution is 5.75. The number of methoxy groups -OCH3 is 1. The Balaban J connectivity index is 3.05. The molecule has 0 radical (unpaired) electrons. The van der Waals surface area contributed by atoms with Crippen molar-refractivity contribution in [2.75, 3.05) is 7.11 Å². The van der Waals surface area contributed by atoms with Crippen molar-refractivity contribution in [2.24, 2.45) is 17.8 Å². The van der Waals surface area contributed by atoms with Gasteiger partial charge in [-0.3, -0.25) is 9.59 Å². The van der Waals surface area contributed by atoms with Crippen molar-refractivity contribution >= 4 is 11.9 Å². The monoisotopic (exact) mass is 299 g/mol. The lowest BCUT2D eigenvalue weighted by Crippen LogP contribution is -2.58. The lowest BCUT2D eigenvalue weighted by Gasteiger charge is -2.44. The first-order valence-electron chi connectivity index (χ1n) is 7.86. The molecule has 1 amide bonds. The van der Waals surface area contributed by atoms with E-state index in [-0.39, 0.29) is 23.7 Å². The molecular formula is C16H29NO4. The fourth-order valence-corrected chi connectivity index (χ4v) is 4.06. The molecule has 5 heteroatoms. The molecular weight excluding hydrogens is 270 g/mol. The molecule has 5 nitrogen and oxygen atoms in total. The molecule has 4 unspecified atom stereocenters. The highest BCUT2D eigenvalue weighted by atomic mass is 16.5. The third kappa shape index (κ3) is 3.57. The summed E-state index contributed by atoms with van der Waals surface area (Å²) < 4.78 is 4.77. The Hall–Kier alpha value is -1.10. The topological polar surface area (TPSA) is 75.6 Å². The standard InChI is InChI=1S/C16H29NO4/c1-6-11(7-2)16(4,17-10(3)18)13-9-8-12(14(13)19)15(20)21-5/h11-14,19H,6-9H2,1-5H3,(H,17,18). The predicted octanol–water partition coefficient (Wildman–Crippen LogP) is 1.88. The Labute approximate surface area is 127 Å². The Morgan fingerprint density at radius 2 is 1.90 bits per heavy atom. The van der Waals surface area contributed by atoms with Gasteiger partial charge in [0.15, 0.2) is 0 Å². The van der Waals surface area contributed by atoms with Gasteiger partial charge in [0.25, 0.3) is 0 Å². The largest absolute Gasteiger partial charge is 0.469 e. The lowest BCUT2D eigenvalue weighted by atomic mass is 9.70. The van der Waals surface area contributed by atoms with Crippen LogP contribution in [0.1, 0.15) is 53.4 Å². The van der Waals surface area contributed by atoms with E-state index in [9.17, 15) is 14.7 Å². The van der Waals surface area contributed by atoms with Crippen LogP contribution < -0.4 is 5.32 Å². The molecule has 0 saturated heterocycles. The van der Waals surface area contributed by atoms with Gasteiger partial charge in [0.1, 0.15) is 0 Å². The minimum atomic E-state index is -0.769.